The number of hydrogen-bond donors (Lipinski definition) is 2. The molecular formula is C13H11N3O2S. The lowest BCUT2D eigenvalue weighted by molar-refractivity contribution is 0.102. The SMILES string of the molecule is Cc1ccc(C(=O)Nc2cnns2)c(C#CCO)c1. The number of carbonyl (C=O) groups excluding carboxylic acids is 1. The van der Waals surface area contributed by atoms with Crippen LogP contribution in [-0.4, -0.2) is 27.2 Å². The van der Waals surface area contributed by atoms with Gasteiger partial charge in [0.15, 0.2) is 0 Å². The smallest absolute Gasteiger partial charge is 0.257 e. The van der Waals surface area contributed by atoms with E-state index in [9.17, 15) is 4.79 Å². The Balaban J connectivity index is 2.30. The van der Waals surface area contributed by atoms with E-state index in [0.717, 1.165) is 17.1 Å². The normalized spacial score (nSPS) is 9.58. The van der Waals surface area contributed by atoms with Gasteiger partial charge in [0.25, 0.3) is 5.91 Å². The van der Waals surface area contributed by atoms with Gasteiger partial charge in [-0.3, -0.25) is 4.79 Å². The van der Waals surface area contributed by atoms with Gasteiger partial charge in [0.1, 0.15) is 11.6 Å². The van der Waals surface area contributed by atoms with Gasteiger partial charge in [-0.15, -0.1) is 5.10 Å². The van der Waals surface area contributed by atoms with Crippen LogP contribution in [0.15, 0.2) is 24.4 Å². The molecule has 5 nitrogen and oxygen atoms in total. The summed E-state index contributed by atoms with van der Waals surface area (Å²) >= 11 is 1.10. The van der Waals surface area contributed by atoms with Crippen LogP contribution in [0.3, 0.4) is 0 Å². The van der Waals surface area contributed by atoms with E-state index in [4.69, 9.17) is 5.11 Å². The summed E-state index contributed by atoms with van der Waals surface area (Å²) in [6.45, 7) is 1.67. The molecule has 2 N–H and O–H groups in total. The molecule has 1 amide bonds. The van der Waals surface area contributed by atoms with Crippen molar-refractivity contribution in [1.82, 2.24) is 9.59 Å². The number of aliphatic hydroxyl groups is 1. The molecule has 0 saturated carbocycles. The lowest BCUT2D eigenvalue weighted by Gasteiger charge is -2.05. The lowest BCUT2D eigenvalue weighted by atomic mass is 10.0. The van der Waals surface area contributed by atoms with E-state index >= 15 is 0 Å². The van der Waals surface area contributed by atoms with E-state index < -0.39 is 0 Å². The standard InChI is InChI=1S/C13H11N3O2S/c1-9-4-5-11(10(7-9)3-2-6-17)13(18)15-12-8-14-16-19-12/h4-5,7-8,17H,6H2,1H3,(H,15,18). The van der Waals surface area contributed by atoms with E-state index in [1.54, 1.807) is 6.07 Å². The van der Waals surface area contributed by atoms with Crippen molar-refractivity contribution in [1.29, 1.82) is 0 Å². The highest BCUT2D eigenvalue weighted by Crippen LogP contribution is 2.15. The van der Waals surface area contributed by atoms with E-state index in [1.807, 2.05) is 19.1 Å². The van der Waals surface area contributed by atoms with Crippen molar-refractivity contribution >= 4 is 22.4 Å². The van der Waals surface area contributed by atoms with Gasteiger partial charge in [0, 0.05) is 17.1 Å². The summed E-state index contributed by atoms with van der Waals surface area (Å²) in [7, 11) is 0. The van der Waals surface area contributed by atoms with Crippen molar-refractivity contribution in [2.45, 2.75) is 6.92 Å². The third-order valence-corrected chi connectivity index (χ3v) is 2.90. The highest BCUT2D eigenvalue weighted by Gasteiger charge is 2.11. The number of aryl methyl sites for hydroxylation is 1. The van der Waals surface area contributed by atoms with Crippen LogP contribution in [0.25, 0.3) is 0 Å². The van der Waals surface area contributed by atoms with Crippen LogP contribution in [0, 0.1) is 18.8 Å². The Hall–Kier alpha value is -2.23. The number of nitrogens with zero attached hydrogens (tertiary/aromatic N) is 2. The molecule has 1 heterocycles. The van der Waals surface area contributed by atoms with Crippen molar-refractivity contribution in [2.24, 2.45) is 0 Å². The first-order chi connectivity index (χ1) is 9.20. The summed E-state index contributed by atoms with van der Waals surface area (Å²) in [5.41, 5.74) is 2.04. The fourth-order valence-corrected chi connectivity index (χ4v) is 1.91. The molecule has 1 aromatic carbocycles. The Morgan fingerprint density at radius 1 is 1.53 bits per heavy atom. The molecular weight excluding hydrogens is 262 g/mol. The van der Waals surface area contributed by atoms with Crippen LogP contribution in [-0.2, 0) is 0 Å². The first-order valence-electron chi connectivity index (χ1n) is 5.50. The number of carbonyl (C=O) groups is 1. The molecule has 0 spiro atoms. The maximum absolute atomic E-state index is 12.1. The van der Waals surface area contributed by atoms with Crippen molar-refractivity contribution in [2.75, 3.05) is 11.9 Å². The fourth-order valence-electron chi connectivity index (χ4n) is 1.50. The number of rotatable bonds is 2. The van der Waals surface area contributed by atoms with Crippen molar-refractivity contribution in [3.63, 3.8) is 0 Å². The molecule has 1 aromatic heterocycles. The third-order valence-electron chi connectivity index (χ3n) is 2.32. The number of aliphatic hydroxyl groups excluding tert-OH is 1. The van der Waals surface area contributed by atoms with Crippen LogP contribution < -0.4 is 5.32 Å². The summed E-state index contributed by atoms with van der Waals surface area (Å²) in [5.74, 6) is 5.05. The van der Waals surface area contributed by atoms with Gasteiger partial charge >= 0.3 is 0 Å². The first-order valence-corrected chi connectivity index (χ1v) is 6.27. The zero-order valence-electron chi connectivity index (χ0n) is 10.2. The second-order valence-corrected chi connectivity index (χ2v) is 4.53. The van der Waals surface area contributed by atoms with Gasteiger partial charge in [-0.05, 0) is 24.6 Å². The van der Waals surface area contributed by atoms with Crippen molar-refractivity contribution in [3.8, 4) is 11.8 Å². The maximum Gasteiger partial charge on any atom is 0.257 e. The molecule has 0 bridgehead atoms. The average molecular weight is 273 g/mol. The van der Waals surface area contributed by atoms with Gasteiger partial charge in [-0.2, -0.15) is 0 Å². The molecule has 2 aromatic rings. The first kappa shape index (κ1) is 13.2. The molecule has 0 aliphatic heterocycles. The minimum Gasteiger partial charge on any atom is -0.384 e. The number of benzene rings is 1. The zero-order chi connectivity index (χ0) is 13.7. The van der Waals surface area contributed by atoms with Gasteiger partial charge < -0.3 is 10.4 Å². The second-order valence-electron chi connectivity index (χ2n) is 3.74. The van der Waals surface area contributed by atoms with Crippen LogP contribution in [0.5, 0.6) is 0 Å². The molecule has 0 aliphatic rings. The predicted octanol–water partition coefficient (Wildman–Crippen LogP) is 1.44. The van der Waals surface area contributed by atoms with Crippen molar-refractivity contribution in [3.05, 3.63) is 41.1 Å². The topological polar surface area (TPSA) is 75.1 Å². The highest BCUT2D eigenvalue weighted by atomic mass is 32.1. The minimum absolute atomic E-state index is 0.242. The zero-order valence-corrected chi connectivity index (χ0v) is 11.0. The molecule has 0 unspecified atom stereocenters. The molecule has 2 rings (SSSR count). The number of anilines is 1. The fraction of sp³-hybridized carbons (Fsp3) is 0.154. The number of hydrogen-bond acceptors (Lipinski definition) is 5. The molecule has 96 valence electrons. The summed E-state index contributed by atoms with van der Waals surface area (Å²) in [4.78, 5) is 12.1. The van der Waals surface area contributed by atoms with E-state index in [1.165, 1.54) is 6.20 Å². The third kappa shape index (κ3) is 3.37. The highest BCUT2D eigenvalue weighted by molar-refractivity contribution is 7.10. The molecule has 0 aliphatic carbocycles. The minimum atomic E-state index is -0.270. The van der Waals surface area contributed by atoms with Gasteiger partial charge in [-0.25, -0.2) is 0 Å². The second kappa shape index (κ2) is 6.09. The largest absolute Gasteiger partial charge is 0.384 e. The molecule has 0 saturated heterocycles. The van der Waals surface area contributed by atoms with Gasteiger partial charge in [0.05, 0.1) is 11.8 Å². The predicted molar refractivity (Wildman–Crippen MR) is 73.0 cm³/mol. The van der Waals surface area contributed by atoms with E-state index in [-0.39, 0.29) is 12.5 Å². The Bertz CT molecular complexity index is 642. The van der Waals surface area contributed by atoms with E-state index in [0.29, 0.717) is 16.1 Å². The maximum atomic E-state index is 12.1. The van der Waals surface area contributed by atoms with Gasteiger partial charge in [0.2, 0.25) is 0 Å². The quantitative estimate of drug-likeness (QED) is 0.812. The average Bonchev–Trinajstić information content (AvgIpc) is 2.89. The number of nitrogens with one attached hydrogen (secondary N) is 1. The summed E-state index contributed by atoms with van der Waals surface area (Å²) in [6.07, 6.45) is 1.48. The van der Waals surface area contributed by atoms with Crippen LogP contribution in [0.1, 0.15) is 21.5 Å². The van der Waals surface area contributed by atoms with E-state index in [2.05, 4.69) is 26.7 Å². The summed E-state index contributed by atoms with van der Waals surface area (Å²) in [5, 5.41) is 15.7. The Labute approximate surface area is 114 Å². The monoisotopic (exact) mass is 273 g/mol. The number of aromatic nitrogens is 2. The molecule has 0 fully saturated rings. The summed E-state index contributed by atoms with van der Waals surface area (Å²) in [6, 6.07) is 5.35. The summed E-state index contributed by atoms with van der Waals surface area (Å²) < 4.78 is 3.67. The lowest BCUT2D eigenvalue weighted by Crippen LogP contribution is -2.12. The molecule has 0 radical (unpaired) electrons. The van der Waals surface area contributed by atoms with Crippen LogP contribution in [0.2, 0.25) is 0 Å². The van der Waals surface area contributed by atoms with Crippen molar-refractivity contribution < 1.29 is 9.90 Å². The van der Waals surface area contributed by atoms with Crippen LogP contribution in [0.4, 0.5) is 5.00 Å². The molecule has 19 heavy (non-hydrogen) atoms. The van der Waals surface area contributed by atoms with Gasteiger partial charge in [-0.1, -0.05) is 22.4 Å². The Morgan fingerprint density at radius 3 is 3.05 bits per heavy atom. The molecule has 0 atom stereocenters. The number of amides is 1. The Kier molecular flexibility index (Phi) is 4.23. The molecule has 6 heteroatoms. The Morgan fingerprint density at radius 2 is 2.37 bits per heavy atom. The van der Waals surface area contributed by atoms with Crippen LogP contribution >= 0.6 is 11.5 Å².